The van der Waals surface area contributed by atoms with E-state index in [4.69, 9.17) is 9.73 Å². The molecule has 0 amide bonds. The Morgan fingerprint density at radius 3 is 2.75 bits per heavy atom. The van der Waals surface area contributed by atoms with Gasteiger partial charge in [-0.05, 0) is 18.4 Å². The van der Waals surface area contributed by atoms with Gasteiger partial charge in [-0.25, -0.2) is 0 Å². The third-order valence-electron chi connectivity index (χ3n) is 5.27. The average molecular weight is 384 g/mol. The van der Waals surface area contributed by atoms with E-state index in [9.17, 15) is 0 Å². The van der Waals surface area contributed by atoms with Crippen LogP contribution in [0.1, 0.15) is 43.9 Å². The second kappa shape index (κ2) is 9.73. The number of nitrogens with one attached hydrogen (secondary N) is 1. The molecule has 28 heavy (non-hydrogen) atoms. The van der Waals surface area contributed by atoms with Gasteiger partial charge in [0.2, 0.25) is 0 Å². The number of hydrogen-bond acceptors (Lipinski definition) is 3. The summed E-state index contributed by atoms with van der Waals surface area (Å²) in [5, 5.41) is 7.76. The molecule has 6 nitrogen and oxygen atoms in total. The lowest BCUT2D eigenvalue weighted by Gasteiger charge is -2.35. The van der Waals surface area contributed by atoms with Gasteiger partial charge < -0.3 is 15.0 Å². The normalized spacial score (nSPS) is 19.1. The van der Waals surface area contributed by atoms with Gasteiger partial charge in [0.05, 0.1) is 19.3 Å². The summed E-state index contributed by atoms with van der Waals surface area (Å²) < 4.78 is 7.81. The fourth-order valence-corrected chi connectivity index (χ4v) is 3.66. The molecule has 1 saturated heterocycles. The Morgan fingerprint density at radius 2 is 2.11 bits per heavy atom. The van der Waals surface area contributed by atoms with E-state index in [1.165, 1.54) is 5.56 Å². The summed E-state index contributed by atoms with van der Waals surface area (Å²) in [4.78, 5) is 7.34. The second-order valence-corrected chi connectivity index (χ2v) is 7.71. The highest BCUT2D eigenvalue weighted by Gasteiger charge is 2.25. The standard InChI is InChI=1S/C22H33N5O/c1-5-23-22(24-14-20(17(2)3)18-9-7-6-8-10-18)27-11-12-28-21(16-27)19-13-25-26(4)15-19/h6-10,13,15,17,20-21H,5,11-12,14,16H2,1-4H3,(H,23,24). The SMILES string of the molecule is CCNC(=NCC(c1ccccc1)C(C)C)N1CCOC(c2cnn(C)c2)C1. The molecule has 0 aliphatic carbocycles. The predicted molar refractivity (Wildman–Crippen MR) is 113 cm³/mol. The average Bonchev–Trinajstić information content (AvgIpc) is 3.14. The number of aliphatic imine (C=N–C) groups is 1. The maximum atomic E-state index is 5.99. The largest absolute Gasteiger partial charge is 0.370 e. The van der Waals surface area contributed by atoms with Crippen molar-refractivity contribution in [3.63, 3.8) is 0 Å². The summed E-state index contributed by atoms with van der Waals surface area (Å²) in [6, 6.07) is 10.7. The molecule has 1 aromatic heterocycles. The van der Waals surface area contributed by atoms with Crippen molar-refractivity contribution in [1.29, 1.82) is 0 Å². The minimum Gasteiger partial charge on any atom is -0.370 e. The van der Waals surface area contributed by atoms with E-state index in [2.05, 4.69) is 66.4 Å². The number of morpholine rings is 1. The lowest BCUT2D eigenvalue weighted by atomic mass is 9.88. The van der Waals surface area contributed by atoms with Crippen LogP contribution in [0.15, 0.2) is 47.7 Å². The van der Waals surface area contributed by atoms with Gasteiger partial charge >= 0.3 is 0 Å². The maximum Gasteiger partial charge on any atom is 0.194 e. The van der Waals surface area contributed by atoms with Crippen LogP contribution in [-0.2, 0) is 11.8 Å². The molecule has 0 bridgehead atoms. The van der Waals surface area contributed by atoms with Crippen molar-refractivity contribution in [3.8, 4) is 0 Å². The molecule has 6 heteroatoms. The van der Waals surface area contributed by atoms with Crippen LogP contribution in [-0.4, -0.2) is 53.4 Å². The van der Waals surface area contributed by atoms with E-state index < -0.39 is 0 Å². The van der Waals surface area contributed by atoms with Crippen LogP contribution < -0.4 is 5.32 Å². The summed E-state index contributed by atoms with van der Waals surface area (Å²) in [6.45, 7) is 10.6. The van der Waals surface area contributed by atoms with Crippen molar-refractivity contribution in [2.24, 2.45) is 18.0 Å². The summed E-state index contributed by atoms with van der Waals surface area (Å²) >= 11 is 0. The monoisotopic (exact) mass is 383 g/mol. The first-order chi connectivity index (χ1) is 13.6. The van der Waals surface area contributed by atoms with Gasteiger partial charge in [0.1, 0.15) is 6.10 Å². The second-order valence-electron chi connectivity index (χ2n) is 7.71. The van der Waals surface area contributed by atoms with Crippen LogP contribution in [0.3, 0.4) is 0 Å². The van der Waals surface area contributed by atoms with Crippen LogP contribution in [0.2, 0.25) is 0 Å². The molecule has 2 unspecified atom stereocenters. The maximum absolute atomic E-state index is 5.99. The molecule has 1 aliphatic heterocycles. The Bertz CT molecular complexity index is 755. The number of hydrogen-bond donors (Lipinski definition) is 1. The third kappa shape index (κ3) is 5.13. The van der Waals surface area contributed by atoms with Gasteiger partial charge in [-0.1, -0.05) is 44.2 Å². The van der Waals surface area contributed by atoms with Crippen molar-refractivity contribution in [2.45, 2.75) is 32.8 Å². The van der Waals surface area contributed by atoms with Crippen molar-refractivity contribution in [2.75, 3.05) is 32.8 Å². The molecular formula is C22H33N5O. The topological polar surface area (TPSA) is 54.7 Å². The van der Waals surface area contributed by atoms with E-state index in [0.29, 0.717) is 18.4 Å². The number of benzene rings is 1. The molecule has 0 saturated carbocycles. The molecule has 0 spiro atoms. The minimum absolute atomic E-state index is 0.0290. The predicted octanol–water partition coefficient (Wildman–Crippen LogP) is 3.20. The number of rotatable bonds is 6. The van der Waals surface area contributed by atoms with Gasteiger partial charge in [-0.3, -0.25) is 9.67 Å². The molecule has 2 aromatic rings. The van der Waals surface area contributed by atoms with E-state index in [1.807, 2.05) is 24.1 Å². The highest BCUT2D eigenvalue weighted by molar-refractivity contribution is 5.80. The van der Waals surface area contributed by atoms with E-state index in [1.54, 1.807) is 0 Å². The fourth-order valence-electron chi connectivity index (χ4n) is 3.66. The summed E-state index contributed by atoms with van der Waals surface area (Å²) in [5.74, 6) is 1.91. The van der Waals surface area contributed by atoms with Crippen molar-refractivity contribution >= 4 is 5.96 Å². The first-order valence-corrected chi connectivity index (χ1v) is 10.3. The Kier molecular flexibility index (Phi) is 7.09. The number of ether oxygens (including phenoxy) is 1. The van der Waals surface area contributed by atoms with Crippen LogP contribution >= 0.6 is 0 Å². The van der Waals surface area contributed by atoms with E-state index >= 15 is 0 Å². The van der Waals surface area contributed by atoms with Gasteiger partial charge in [0, 0.05) is 44.4 Å². The summed E-state index contributed by atoms with van der Waals surface area (Å²) in [5.41, 5.74) is 2.47. The Balaban J connectivity index is 1.74. The quantitative estimate of drug-likeness (QED) is 0.615. The summed E-state index contributed by atoms with van der Waals surface area (Å²) in [6.07, 6.45) is 3.95. The van der Waals surface area contributed by atoms with Crippen LogP contribution in [0.5, 0.6) is 0 Å². The lowest BCUT2D eigenvalue weighted by Crippen LogP contribution is -2.48. The molecule has 1 N–H and O–H groups in total. The fraction of sp³-hybridized carbons (Fsp3) is 0.545. The van der Waals surface area contributed by atoms with E-state index in [-0.39, 0.29) is 6.10 Å². The highest BCUT2D eigenvalue weighted by Crippen LogP contribution is 2.25. The molecule has 0 radical (unpaired) electrons. The number of nitrogens with zero attached hydrogens (tertiary/aromatic N) is 4. The van der Waals surface area contributed by atoms with Crippen molar-refractivity contribution in [1.82, 2.24) is 20.0 Å². The minimum atomic E-state index is 0.0290. The highest BCUT2D eigenvalue weighted by atomic mass is 16.5. The van der Waals surface area contributed by atoms with Crippen molar-refractivity contribution < 1.29 is 4.74 Å². The number of aromatic nitrogens is 2. The number of aryl methyl sites for hydroxylation is 1. The molecule has 1 aromatic carbocycles. The zero-order valence-corrected chi connectivity index (χ0v) is 17.5. The van der Waals surface area contributed by atoms with E-state index in [0.717, 1.165) is 37.7 Å². The first kappa shape index (κ1) is 20.4. The molecule has 1 aliphatic rings. The molecule has 3 rings (SSSR count). The molecule has 1 fully saturated rings. The van der Waals surface area contributed by atoms with Crippen LogP contribution in [0.25, 0.3) is 0 Å². The molecular weight excluding hydrogens is 350 g/mol. The van der Waals surface area contributed by atoms with Crippen LogP contribution in [0.4, 0.5) is 0 Å². The zero-order chi connectivity index (χ0) is 19.9. The van der Waals surface area contributed by atoms with Gasteiger partial charge in [0.25, 0.3) is 0 Å². The summed E-state index contributed by atoms with van der Waals surface area (Å²) in [7, 11) is 1.94. The van der Waals surface area contributed by atoms with Gasteiger partial charge in [-0.15, -0.1) is 0 Å². The number of guanidine groups is 1. The first-order valence-electron chi connectivity index (χ1n) is 10.3. The van der Waals surface area contributed by atoms with Gasteiger partial charge in [0.15, 0.2) is 5.96 Å². The zero-order valence-electron chi connectivity index (χ0n) is 17.5. The molecule has 152 valence electrons. The van der Waals surface area contributed by atoms with Crippen LogP contribution in [0, 0.1) is 5.92 Å². The smallest absolute Gasteiger partial charge is 0.194 e. The molecule has 2 atom stereocenters. The van der Waals surface area contributed by atoms with Crippen molar-refractivity contribution in [3.05, 3.63) is 53.9 Å². The Hall–Kier alpha value is -2.34. The lowest BCUT2D eigenvalue weighted by molar-refractivity contribution is -0.00805. The Labute approximate surface area is 168 Å². The Morgan fingerprint density at radius 1 is 1.32 bits per heavy atom. The molecule has 2 heterocycles. The third-order valence-corrected chi connectivity index (χ3v) is 5.27. The van der Waals surface area contributed by atoms with Gasteiger partial charge in [-0.2, -0.15) is 5.10 Å².